The standard InChI is InChI=1S/C10H17IN2O2Si/c1-16(2,3)5-4-14-8-15-10-9(11)6-12-7-13-10/h6-7H,4-5,8H2,1-3H3. The summed E-state index contributed by atoms with van der Waals surface area (Å²) in [5, 5.41) is 0. The van der Waals surface area contributed by atoms with Crippen molar-refractivity contribution in [3.63, 3.8) is 0 Å². The fourth-order valence-electron chi connectivity index (χ4n) is 0.942. The SMILES string of the molecule is C[Si](C)(C)CCOCOc1ncncc1I. The van der Waals surface area contributed by atoms with Crippen molar-refractivity contribution in [3.05, 3.63) is 16.1 Å². The molecule has 0 N–H and O–H groups in total. The van der Waals surface area contributed by atoms with Crippen LogP contribution in [0.1, 0.15) is 0 Å². The van der Waals surface area contributed by atoms with Crippen molar-refractivity contribution in [2.24, 2.45) is 0 Å². The van der Waals surface area contributed by atoms with Crippen molar-refractivity contribution in [1.82, 2.24) is 9.97 Å². The lowest BCUT2D eigenvalue weighted by Gasteiger charge is -2.15. The van der Waals surface area contributed by atoms with Gasteiger partial charge in [-0.1, -0.05) is 19.6 Å². The van der Waals surface area contributed by atoms with Gasteiger partial charge in [-0.2, -0.15) is 0 Å². The monoisotopic (exact) mass is 352 g/mol. The van der Waals surface area contributed by atoms with Gasteiger partial charge >= 0.3 is 0 Å². The molecule has 90 valence electrons. The number of aromatic nitrogens is 2. The Labute approximate surface area is 111 Å². The quantitative estimate of drug-likeness (QED) is 0.342. The van der Waals surface area contributed by atoms with Crippen molar-refractivity contribution in [2.75, 3.05) is 13.4 Å². The molecule has 0 aliphatic carbocycles. The van der Waals surface area contributed by atoms with E-state index in [-0.39, 0.29) is 6.79 Å². The molecule has 1 aromatic rings. The van der Waals surface area contributed by atoms with Crippen LogP contribution in [-0.4, -0.2) is 31.4 Å². The molecule has 16 heavy (non-hydrogen) atoms. The van der Waals surface area contributed by atoms with E-state index in [1.807, 2.05) is 0 Å². The van der Waals surface area contributed by atoms with Crippen molar-refractivity contribution >= 4 is 30.7 Å². The Morgan fingerprint density at radius 2 is 2.12 bits per heavy atom. The van der Waals surface area contributed by atoms with Crippen LogP contribution in [0, 0.1) is 3.57 Å². The molecule has 0 aliphatic heterocycles. The van der Waals surface area contributed by atoms with E-state index in [0.29, 0.717) is 5.88 Å². The first-order valence-corrected chi connectivity index (χ1v) is 9.94. The number of ether oxygens (including phenoxy) is 2. The van der Waals surface area contributed by atoms with E-state index in [2.05, 4.69) is 52.2 Å². The van der Waals surface area contributed by atoms with Crippen molar-refractivity contribution < 1.29 is 9.47 Å². The summed E-state index contributed by atoms with van der Waals surface area (Å²) >= 11 is 2.14. The molecule has 1 heterocycles. The second-order valence-electron chi connectivity index (χ2n) is 4.66. The van der Waals surface area contributed by atoms with Gasteiger partial charge in [-0.15, -0.1) is 0 Å². The average molecular weight is 352 g/mol. The van der Waals surface area contributed by atoms with E-state index in [9.17, 15) is 0 Å². The predicted octanol–water partition coefficient (Wildman–Crippen LogP) is 2.77. The molecule has 0 bridgehead atoms. The summed E-state index contributed by atoms with van der Waals surface area (Å²) in [7, 11) is -1.01. The number of halogens is 1. The summed E-state index contributed by atoms with van der Waals surface area (Å²) in [6.07, 6.45) is 3.19. The Bertz CT molecular complexity index is 331. The Morgan fingerprint density at radius 1 is 1.38 bits per heavy atom. The summed E-state index contributed by atoms with van der Waals surface area (Å²) in [5.41, 5.74) is 0. The maximum absolute atomic E-state index is 5.42. The van der Waals surface area contributed by atoms with Crippen LogP contribution in [0.4, 0.5) is 0 Å². The Balaban J connectivity index is 2.19. The molecule has 1 aromatic heterocycles. The lowest BCUT2D eigenvalue weighted by molar-refractivity contribution is 0.0186. The van der Waals surface area contributed by atoms with E-state index in [0.717, 1.165) is 16.2 Å². The van der Waals surface area contributed by atoms with Gasteiger partial charge in [-0.05, 0) is 28.6 Å². The largest absolute Gasteiger partial charge is 0.450 e. The normalized spacial score (nSPS) is 11.5. The predicted molar refractivity (Wildman–Crippen MR) is 74.3 cm³/mol. The summed E-state index contributed by atoms with van der Waals surface area (Å²) in [6, 6.07) is 1.15. The fourth-order valence-corrected chi connectivity index (χ4v) is 2.15. The molecule has 0 aliphatic rings. The van der Waals surface area contributed by atoms with Gasteiger partial charge in [-0.3, -0.25) is 0 Å². The number of hydrogen-bond acceptors (Lipinski definition) is 4. The van der Waals surface area contributed by atoms with Crippen molar-refractivity contribution in [3.8, 4) is 5.88 Å². The van der Waals surface area contributed by atoms with Gasteiger partial charge in [0.2, 0.25) is 5.88 Å². The van der Waals surface area contributed by atoms with E-state index in [1.54, 1.807) is 6.20 Å². The maximum atomic E-state index is 5.42. The molecular weight excluding hydrogens is 335 g/mol. The van der Waals surface area contributed by atoms with Gasteiger partial charge in [0.15, 0.2) is 6.79 Å². The molecule has 0 radical (unpaired) electrons. The first kappa shape index (κ1) is 13.9. The molecule has 6 heteroatoms. The minimum absolute atomic E-state index is 0.261. The zero-order chi connectivity index (χ0) is 12.0. The van der Waals surface area contributed by atoms with E-state index in [4.69, 9.17) is 9.47 Å². The van der Waals surface area contributed by atoms with Crippen LogP contribution >= 0.6 is 22.6 Å². The second kappa shape index (κ2) is 6.50. The van der Waals surface area contributed by atoms with Crippen molar-refractivity contribution in [2.45, 2.75) is 25.7 Å². The fraction of sp³-hybridized carbons (Fsp3) is 0.600. The first-order valence-electron chi connectivity index (χ1n) is 5.15. The molecule has 0 saturated heterocycles. The van der Waals surface area contributed by atoms with Gasteiger partial charge in [-0.25, -0.2) is 9.97 Å². The Hall–Kier alpha value is -0.213. The molecule has 0 aromatic carbocycles. The molecule has 0 atom stereocenters. The minimum Gasteiger partial charge on any atom is -0.450 e. The maximum Gasteiger partial charge on any atom is 0.232 e. The van der Waals surface area contributed by atoms with Gasteiger partial charge < -0.3 is 9.47 Å². The molecule has 0 fully saturated rings. The van der Waals surface area contributed by atoms with Crippen LogP contribution in [0.15, 0.2) is 12.5 Å². The minimum atomic E-state index is -1.01. The van der Waals surface area contributed by atoms with Crippen LogP contribution in [0.25, 0.3) is 0 Å². The summed E-state index contributed by atoms with van der Waals surface area (Å²) < 4.78 is 11.7. The number of rotatable bonds is 6. The highest BCUT2D eigenvalue weighted by atomic mass is 127. The summed E-state index contributed by atoms with van der Waals surface area (Å²) in [4.78, 5) is 7.90. The topological polar surface area (TPSA) is 44.2 Å². The Kier molecular flexibility index (Phi) is 5.63. The van der Waals surface area contributed by atoms with Crippen LogP contribution in [-0.2, 0) is 4.74 Å². The molecular formula is C10H17IN2O2Si. The van der Waals surface area contributed by atoms with Crippen LogP contribution in [0.3, 0.4) is 0 Å². The van der Waals surface area contributed by atoms with E-state index in [1.165, 1.54) is 6.33 Å². The highest BCUT2D eigenvalue weighted by molar-refractivity contribution is 14.1. The van der Waals surface area contributed by atoms with Gasteiger partial charge in [0.25, 0.3) is 0 Å². The number of hydrogen-bond donors (Lipinski definition) is 0. The smallest absolute Gasteiger partial charge is 0.232 e. The second-order valence-corrected chi connectivity index (χ2v) is 11.4. The molecule has 1 rings (SSSR count). The lowest BCUT2D eigenvalue weighted by atomic mass is 10.6. The zero-order valence-electron chi connectivity index (χ0n) is 9.86. The van der Waals surface area contributed by atoms with Crippen LogP contribution in [0.5, 0.6) is 5.88 Å². The summed E-state index contributed by atoms with van der Waals surface area (Å²) in [6.45, 7) is 7.99. The van der Waals surface area contributed by atoms with Gasteiger partial charge in [0, 0.05) is 20.9 Å². The van der Waals surface area contributed by atoms with E-state index >= 15 is 0 Å². The number of nitrogens with zero attached hydrogens (tertiary/aromatic N) is 2. The average Bonchev–Trinajstić information content (AvgIpc) is 2.18. The molecule has 0 amide bonds. The van der Waals surface area contributed by atoms with Gasteiger partial charge in [0.05, 0.1) is 3.57 Å². The summed E-state index contributed by atoms with van der Waals surface area (Å²) in [5.74, 6) is 0.587. The van der Waals surface area contributed by atoms with E-state index < -0.39 is 8.07 Å². The zero-order valence-corrected chi connectivity index (χ0v) is 13.0. The molecule has 4 nitrogen and oxygen atoms in total. The molecule has 0 spiro atoms. The van der Waals surface area contributed by atoms with Crippen LogP contribution in [0.2, 0.25) is 25.7 Å². The third-order valence-electron chi connectivity index (χ3n) is 1.91. The third-order valence-corrected chi connectivity index (χ3v) is 4.35. The first-order chi connectivity index (χ1) is 7.49. The molecule has 0 unspecified atom stereocenters. The van der Waals surface area contributed by atoms with Crippen LogP contribution < -0.4 is 4.74 Å². The lowest BCUT2D eigenvalue weighted by Crippen LogP contribution is -2.22. The van der Waals surface area contributed by atoms with Crippen molar-refractivity contribution in [1.29, 1.82) is 0 Å². The highest BCUT2D eigenvalue weighted by Gasteiger charge is 2.12. The van der Waals surface area contributed by atoms with Gasteiger partial charge in [0.1, 0.15) is 6.33 Å². The third kappa shape index (κ3) is 5.76. The molecule has 0 saturated carbocycles. The Morgan fingerprint density at radius 3 is 2.75 bits per heavy atom. The highest BCUT2D eigenvalue weighted by Crippen LogP contribution is 2.15.